The number of halogens is 1. The highest BCUT2D eigenvalue weighted by Crippen LogP contribution is 2.21. The van der Waals surface area contributed by atoms with E-state index in [4.69, 9.17) is 11.6 Å². The molecular weight excluding hydrogens is 408 g/mol. The van der Waals surface area contributed by atoms with Gasteiger partial charge in [-0.3, -0.25) is 23.6 Å². The minimum absolute atomic E-state index is 0.179. The maximum atomic E-state index is 12.9. The molecule has 0 spiro atoms. The average Bonchev–Trinajstić information content (AvgIpc) is 3.34. The molecule has 0 aliphatic carbocycles. The number of rotatable bonds is 7. The highest BCUT2D eigenvalue weighted by molar-refractivity contribution is 6.31. The summed E-state index contributed by atoms with van der Waals surface area (Å²) in [4.78, 5) is 25.4. The van der Waals surface area contributed by atoms with E-state index in [2.05, 4.69) is 25.9 Å². The van der Waals surface area contributed by atoms with Crippen LogP contribution in [0.3, 0.4) is 0 Å². The van der Waals surface area contributed by atoms with Gasteiger partial charge < -0.3 is 10.6 Å². The molecule has 0 fully saturated rings. The lowest BCUT2D eigenvalue weighted by Gasteiger charge is -2.10. The van der Waals surface area contributed by atoms with Crippen LogP contribution in [0.1, 0.15) is 40.9 Å². The fourth-order valence-electron chi connectivity index (χ4n) is 3.07. The number of nitrogens with one attached hydrogen (secondary N) is 2. The van der Waals surface area contributed by atoms with E-state index in [-0.39, 0.29) is 23.9 Å². The molecule has 0 radical (unpaired) electrons. The van der Waals surface area contributed by atoms with Crippen molar-refractivity contribution in [1.82, 2.24) is 29.3 Å². The molecule has 0 aliphatic rings. The summed E-state index contributed by atoms with van der Waals surface area (Å²) in [6.07, 6.45) is 3.24. The van der Waals surface area contributed by atoms with Crippen molar-refractivity contribution in [3.05, 3.63) is 40.2 Å². The summed E-state index contributed by atoms with van der Waals surface area (Å²) in [5, 5.41) is 18.9. The van der Waals surface area contributed by atoms with Crippen molar-refractivity contribution >= 4 is 34.8 Å². The van der Waals surface area contributed by atoms with Gasteiger partial charge in [-0.2, -0.15) is 15.3 Å². The Bertz CT molecular complexity index is 1090. The molecule has 3 aromatic heterocycles. The SMILES string of the molecule is CCn1ncc(NC(=O)CCn2nc(C)c(Cl)c2C)c1C(=O)Nc1cnn(C)c1C. The van der Waals surface area contributed by atoms with Crippen LogP contribution in [0.5, 0.6) is 0 Å². The van der Waals surface area contributed by atoms with Crippen molar-refractivity contribution in [2.45, 2.75) is 47.2 Å². The van der Waals surface area contributed by atoms with Gasteiger partial charge in [0.05, 0.1) is 52.4 Å². The van der Waals surface area contributed by atoms with E-state index in [0.29, 0.717) is 29.5 Å². The van der Waals surface area contributed by atoms with Gasteiger partial charge in [-0.15, -0.1) is 0 Å². The lowest BCUT2D eigenvalue weighted by Crippen LogP contribution is -2.22. The standard InChI is InChI=1S/C19H25ClN8O2/c1-6-27-18(19(30)24-14-9-21-26(5)12(14)3)15(10-22-27)23-16(29)7-8-28-13(4)17(20)11(2)25-28/h9-10H,6-8H2,1-5H3,(H,23,29)(H,24,30). The van der Waals surface area contributed by atoms with E-state index in [1.54, 1.807) is 22.6 Å². The van der Waals surface area contributed by atoms with Gasteiger partial charge in [-0.05, 0) is 27.7 Å². The van der Waals surface area contributed by atoms with Crippen LogP contribution in [-0.2, 0) is 24.9 Å². The van der Waals surface area contributed by atoms with Crippen LogP contribution in [0, 0.1) is 20.8 Å². The van der Waals surface area contributed by atoms with Crippen molar-refractivity contribution in [2.75, 3.05) is 10.6 Å². The third-order valence-corrected chi connectivity index (χ3v) is 5.50. The van der Waals surface area contributed by atoms with Gasteiger partial charge in [0.2, 0.25) is 5.91 Å². The fourth-order valence-corrected chi connectivity index (χ4v) is 3.21. The molecule has 0 aliphatic heterocycles. The number of anilines is 2. The summed E-state index contributed by atoms with van der Waals surface area (Å²) in [5.74, 6) is -0.619. The van der Waals surface area contributed by atoms with E-state index < -0.39 is 0 Å². The van der Waals surface area contributed by atoms with Crippen molar-refractivity contribution in [2.24, 2.45) is 7.05 Å². The molecule has 3 rings (SSSR count). The van der Waals surface area contributed by atoms with Gasteiger partial charge in [0.1, 0.15) is 5.69 Å². The first-order chi connectivity index (χ1) is 14.2. The van der Waals surface area contributed by atoms with Crippen molar-refractivity contribution < 1.29 is 9.59 Å². The average molecular weight is 433 g/mol. The molecule has 160 valence electrons. The minimum atomic E-state index is -0.369. The first-order valence-corrected chi connectivity index (χ1v) is 9.95. The van der Waals surface area contributed by atoms with Gasteiger partial charge >= 0.3 is 0 Å². The van der Waals surface area contributed by atoms with Crippen LogP contribution in [0.2, 0.25) is 5.02 Å². The van der Waals surface area contributed by atoms with Gasteiger partial charge in [0.25, 0.3) is 5.91 Å². The molecule has 0 atom stereocenters. The monoisotopic (exact) mass is 432 g/mol. The largest absolute Gasteiger partial charge is 0.323 e. The van der Waals surface area contributed by atoms with Gasteiger partial charge in [0.15, 0.2) is 0 Å². The number of hydrogen-bond donors (Lipinski definition) is 2. The zero-order valence-corrected chi connectivity index (χ0v) is 18.4. The Morgan fingerprint density at radius 1 is 1.03 bits per heavy atom. The second-order valence-electron chi connectivity index (χ2n) is 6.95. The fraction of sp³-hybridized carbons (Fsp3) is 0.421. The number of carbonyl (C=O) groups excluding carboxylic acids is 2. The van der Waals surface area contributed by atoms with Gasteiger partial charge in [0, 0.05) is 20.0 Å². The number of hydrogen-bond acceptors (Lipinski definition) is 5. The lowest BCUT2D eigenvalue weighted by molar-refractivity contribution is -0.116. The second-order valence-corrected chi connectivity index (χ2v) is 7.33. The third-order valence-electron chi connectivity index (χ3n) is 4.96. The first-order valence-electron chi connectivity index (χ1n) is 9.58. The number of carbonyl (C=O) groups is 2. The van der Waals surface area contributed by atoms with Crippen molar-refractivity contribution in [1.29, 1.82) is 0 Å². The normalized spacial score (nSPS) is 11.0. The lowest BCUT2D eigenvalue weighted by atomic mass is 10.3. The van der Waals surface area contributed by atoms with Crippen LogP contribution < -0.4 is 10.6 Å². The van der Waals surface area contributed by atoms with Crippen molar-refractivity contribution in [3.8, 4) is 0 Å². The molecular formula is C19H25ClN8O2. The quantitative estimate of drug-likeness (QED) is 0.596. The number of amides is 2. The molecule has 0 unspecified atom stereocenters. The molecule has 2 amide bonds. The maximum absolute atomic E-state index is 12.9. The number of aromatic nitrogens is 6. The Kier molecular flexibility index (Phi) is 6.25. The molecule has 11 heteroatoms. The number of nitrogens with zero attached hydrogens (tertiary/aromatic N) is 6. The smallest absolute Gasteiger partial charge is 0.276 e. The summed E-state index contributed by atoms with van der Waals surface area (Å²) in [7, 11) is 1.79. The van der Waals surface area contributed by atoms with Crippen molar-refractivity contribution in [3.63, 3.8) is 0 Å². The molecule has 0 aromatic carbocycles. The topological polar surface area (TPSA) is 112 Å². The molecule has 0 saturated carbocycles. The third kappa shape index (κ3) is 4.23. The minimum Gasteiger partial charge on any atom is -0.323 e. The van der Waals surface area contributed by atoms with Crippen LogP contribution in [0.4, 0.5) is 11.4 Å². The van der Waals surface area contributed by atoms with E-state index in [1.165, 1.54) is 10.9 Å². The van der Waals surface area contributed by atoms with E-state index in [1.807, 2.05) is 27.7 Å². The molecule has 10 nitrogen and oxygen atoms in total. The Balaban J connectivity index is 1.72. The summed E-state index contributed by atoms with van der Waals surface area (Å²) in [5.41, 5.74) is 3.59. The summed E-state index contributed by atoms with van der Waals surface area (Å²) < 4.78 is 4.91. The molecule has 3 aromatic rings. The van der Waals surface area contributed by atoms with Crippen LogP contribution in [0.25, 0.3) is 0 Å². The Morgan fingerprint density at radius 2 is 1.73 bits per heavy atom. The zero-order valence-electron chi connectivity index (χ0n) is 17.7. The molecule has 0 saturated heterocycles. The number of aryl methyl sites for hydroxylation is 4. The van der Waals surface area contributed by atoms with Crippen LogP contribution in [0.15, 0.2) is 12.4 Å². The molecule has 3 heterocycles. The van der Waals surface area contributed by atoms with E-state index in [0.717, 1.165) is 17.1 Å². The Hall–Kier alpha value is -3.14. The van der Waals surface area contributed by atoms with E-state index in [9.17, 15) is 9.59 Å². The van der Waals surface area contributed by atoms with Crippen LogP contribution in [-0.4, -0.2) is 41.2 Å². The van der Waals surface area contributed by atoms with E-state index >= 15 is 0 Å². The predicted octanol–water partition coefficient (Wildman–Crippen LogP) is 2.69. The van der Waals surface area contributed by atoms with Gasteiger partial charge in [-0.25, -0.2) is 0 Å². The molecule has 0 bridgehead atoms. The van der Waals surface area contributed by atoms with Crippen LogP contribution >= 0.6 is 11.6 Å². The Morgan fingerprint density at radius 3 is 2.30 bits per heavy atom. The summed E-state index contributed by atoms with van der Waals surface area (Å²) >= 11 is 6.15. The molecule has 2 N–H and O–H groups in total. The second kappa shape index (κ2) is 8.70. The predicted molar refractivity (Wildman–Crippen MR) is 114 cm³/mol. The maximum Gasteiger partial charge on any atom is 0.276 e. The summed E-state index contributed by atoms with van der Waals surface area (Å²) in [6, 6.07) is 0. The first kappa shape index (κ1) is 21.6. The highest BCUT2D eigenvalue weighted by atomic mass is 35.5. The zero-order chi connectivity index (χ0) is 22.0. The highest BCUT2D eigenvalue weighted by Gasteiger charge is 2.21. The molecule has 30 heavy (non-hydrogen) atoms. The summed E-state index contributed by atoms with van der Waals surface area (Å²) in [6.45, 7) is 8.26. The Labute approximate surface area is 179 Å². The van der Waals surface area contributed by atoms with Gasteiger partial charge in [-0.1, -0.05) is 11.6 Å².